The van der Waals surface area contributed by atoms with Gasteiger partial charge in [-0.25, -0.2) is 0 Å². The highest BCUT2D eigenvalue weighted by atomic mass is 16.5. The first kappa shape index (κ1) is 18.3. The molecule has 0 spiro atoms. The second kappa shape index (κ2) is 8.78. The molecule has 0 radical (unpaired) electrons. The Balaban J connectivity index is 1.25. The van der Waals surface area contributed by atoms with Crippen LogP contribution in [0, 0.1) is 23.7 Å². The van der Waals surface area contributed by atoms with Crippen LogP contribution in [0.5, 0.6) is 5.75 Å². The minimum Gasteiger partial charge on any atom is -0.493 e. The van der Waals surface area contributed by atoms with Crippen LogP contribution >= 0.6 is 0 Å². The van der Waals surface area contributed by atoms with Gasteiger partial charge in [0.2, 0.25) is 0 Å². The zero-order valence-corrected chi connectivity index (χ0v) is 16.6. The molecule has 3 fully saturated rings. The van der Waals surface area contributed by atoms with Crippen molar-refractivity contribution >= 4 is 0 Å². The summed E-state index contributed by atoms with van der Waals surface area (Å²) in [6.45, 7) is 4.21. The normalized spacial score (nSPS) is 29.8. The molecule has 0 aromatic heterocycles. The summed E-state index contributed by atoms with van der Waals surface area (Å²) in [6.07, 6.45) is 14.3. The van der Waals surface area contributed by atoms with Crippen LogP contribution in [0.4, 0.5) is 0 Å². The van der Waals surface area contributed by atoms with E-state index in [-0.39, 0.29) is 0 Å². The van der Waals surface area contributed by atoms with Crippen molar-refractivity contribution in [3.63, 3.8) is 0 Å². The molecule has 1 aromatic carbocycles. The molecule has 4 unspecified atom stereocenters. The van der Waals surface area contributed by atoms with Gasteiger partial charge in [-0.1, -0.05) is 56.7 Å². The van der Waals surface area contributed by atoms with Gasteiger partial charge in [-0.05, 0) is 62.3 Å². The van der Waals surface area contributed by atoms with Crippen LogP contribution in [-0.2, 0) is 6.54 Å². The Morgan fingerprint density at radius 2 is 1.88 bits per heavy atom. The Kier molecular flexibility index (Phi) is 6.20. The molecule has 0 amide bonds. The Morgan fingerprint density at radius 1 is 1.04 bits per heavy atom. The molecule has 3 aliphatic rings. The van der Waals surface area contributed by atoms with E-state index in [1.54, 1.807) is 0 Å². The van der Waals surface area contributed by atoms with Crippen molar-refractivity contribution in [3.05, 3.63) is 29.8 Å². The topological polar surface area (TPSA) is 21.3 Å². The highest BCUT2D eigenvalue weighted by Gasteiger charge is 2.39. The van der Waals surface area contributed by atoms with Gasteiger partial charge < -0.3 is 10.1 Å². The van der Waals surface area contributed by atoms with Crippen LogP contribution in [0.2, 0.25) is 0 Å². The Bertz CT molecular complexity index is 565. The lowest BCUT2D eigenvalue weighted by atomic mass is 9.85. The van der Waals surface area contributed by atoms with Crippen molar-refractivity contribution in [1.82, 2.24) is 5.32 Å². The Hall–Kier alpha value is -1.02. The van der Waals surface area contributed by atoms with E-state index in [1.165, 1.54) is 69.8 Å². The fraction of sp³-hybridized carbons (Fsp3) is 0.750. The molecule has 0 saturated heterocycles. The van der Waals surface area contributed by atoms with Crippen molar-refractivity contribution < 1.29 is 4.74 Å². The minimum atomic E-state index is 0.594. The quantitative estimate of drug-likeness (QED) is 0.622. The summed E-state index contributed by atoms with van der Waals surface area (Å²) in [5, 5.41) is 3.76. The summed E-state index contributed by atoms with van der Waals surface area (Å²) in [5.41, 5.74) is 1.33. The molecule has 2 bridgehead atoms. The van der Waals surface area contributed by atoms with E-state index in [4.69, 9.17) is 4.74 Å². The summed E-state index contributed by atoms with van der Waals surface area (Å²) in [7, 11) is 0. The van der Waals surface area contributed by atoms with E-state index in [0.29, 0.717) is 6.04 Å². The molecule has 0 heterocycles. The molecule has 2 nitrogen and oxygen atoms in total. The molecule has 4 atom stereocenters. The average Bonchev–Trinajstić information content (AvgIpc) is 3.29. The fourth-order valence-electron chi connectivity index (χ4n) is 5.86. The summed E-state index contributed by atoms with van der Waals surface area (Å²) >= 11 is 0. The highest BCUT2D eigenvalue weighted by Crippen LogP contribution is 2.48. The third-order valence-electron chi connectivity index (χ3n) is 7.36. The number of para-hydroxylation sites is 1. The maximum Gasteiger partial charge on any atom is 0.123 e. The minimum absolute atomic E-state index is 0.594. The molecular weight excluding hydrogens is 318 g/mol. The number of ether oxygens (including phenoxy) is 1. The van der Waals surface area contributed by atoms with E-state index in [0.717, 1.165) is 42.6 Å². The van der Waals surface area contributed by atoms with Gasteiger partial charge in [-0.15, -0.1) is 0 Å². The SMILES string of the molecule is CC(CC1CCCCC1)NCc1ccccc1OCC1CC2CCC1C2. The van der Waals surface area contributed by atoms with Gasteiger partial charge >= 0.3 is 0 Å². The fourth-order valence-corrected chi connectivity index (χ4v) is 5.86. The first-order valence-corrected chi connectivity index (χ1v) is 11.2. The van der Waals surface area contributed by atoms with Crippen LogP contribution in [0.25, 0.3) is 0 Å². The zero-order valence-electron chi connectivity index (χ0n) is 16.6. The molecule has 0 aliphatic heterocycles. The molecule has 3 saturated carbocycles. The number of fused-ring (bicyclic) bond motifs is 2. The molecular formula is C24H37NO. The number of benzene rings is 1. The number of nitrogens with one attached hydrogen (secondary N) is 1. The largest absolute Gasteiger partial charge is 0.493 e. The second-order valence-electron chi connectivity index (χ2n) is 9.38. The van der Waals surface area contributed by atoms with Crippen molar-refractivity contribution in [2.24, 2.45) is 23.7 Å². The summed E-state index contributed by atoms with van der Waals surface area (Å²) in [6, 6.07) is 9.25. The molecule has 2 heteroatoms. The number of hydrogen-bond donors (Lipinski definition) is 1. The summed E-state index contributed by atoms with van der Waals surface area (Å²) in [4.78, 5) is 0. The van der Waals surface area contributed by atoms with Crippen LogP contribution in [0.1, 0.15) is 76.7 Å². The van der Waals surface area contributed by atoms with E-state index >= 15 is 0 Å². The van der Waals surface area contributed by atoms with Crippen LogP contribution in [0.15, 0.2) is 24.3 Å². The zero-order chi connectivity index (χ0) is 17.8. The monoisotopic (exact) mass is 355 g/mol. The smallest absolute Gasteiger partial charge is 0.123 e. The van der Waals surface area contributed by atoms with Gasteiger partial charge in [0.05, 0.1) is 6.61 Å². The molecule has 144 valence electrons. The first-order chi connectivity index (χ1) is 12.8. The molecule has 1 N–H and O–H groups in total. The van der Waals surface area contributed by atoms with Gasteiger partial charge in [0.1, 0.15) is 5.75 Å². The second-order valence-corrected chi connectivity index (χ2v) is 9.38. The van der Waals surface area contributed by atoms with Crippen molar-refractivity contribution in [2.45, 2.75) is 83.7 Å². The average molecular weight is 356 g/mol. The van der Waals surface area contributed by atoms with Crippen LogP contribution < -0.4 is 10.1 Å². The summed E-state index contributed by atoms with van der Waals surface area (Å²) < 4.78 is 6.32. The molecule has 1 aromatic rings. The first-order valence-electron chi connectivity index (χ1n) is 11.2. The van der Waals surface area contributed by atoms with Crippen molar-refractivity contribution in [2.75, 3.05) is 6.61 Å². The number of hydrogen-bond acceptors (Lipinski definition) is 2. The molecule has 4 rings (SSSR count). The maximum absolute atomic E-state index is 6.32. The summed E-state index contributed by atoms with van der Waals surface area (Å²) in [5.74, 6) is 4.80. The molecule has 3 aliphatic carbocycles. The lowest BCUT2D eigenvalue weighted by Gasteiger charge is -2.26. The third kappa shape index (κ3) is 4.63. The predicted molar refractivity (Wildman–Crippen MR) is 108 cm³/mol. The highest BCUT2D eigenvalue weighted by molar-refractivity contribution is 5.33. The van der Waals surface area contributed by atoms with Gasteiger partial charge in [0, 0.05) is 18.2 Å². The standard InChI is InChI=1S/C24H37NO/c1-18(13-19-7-3-2-4-8-19)25-16-22-9-5-6-10-24(22)26-17-23-15-20-11-12-21(23)14-20/h5-6,9-10,18-21,23,25H,2-4,7-8,11-17H2,1H3. The third-order valence-corrected chi connectivity index (χ3v) is 7.36. The maximum atomic E-state index is 6.32. The van der Waals surface area contributed by atoms with Gasteiger partial charge in [-0.2, -0.15) is 0 Å². The van der Waals surface area contributed by atoms with E-state index in [9.17, 15) is 0 Å². The lowest BCUT2D eigenvalue weighted by molar-refractivity contribution is 0.193. The van der Waals surface area contributed by atoms with Crippen molar-refractivity contribution in [3.8, 4) is 5.75 Å². The van der Waals surface area contributed by atoms with Crippen LogP contribution in [0.3, 0.4) is 0 Å². The van der Waals surface area contributed by atoms with Gasteiger partial charge in [-0.3, -0.25) is 0 Å². The van der Waals surface area contributed by atoms with Gasteiger partial charge in [0.25, 0.3) is 0 Å². The van der Waals surface area contributed by atoms with Gasteiger partial charge in [0.15, 0.2) is 0 Å². The van der Waals surface area contributed by atoms with E-state index in [2.05, 4.69) is 36.5 Å². The van der Waals surface area contributed by atoms with E-state index in [1.807, 2.05) is 0 Å². The lowest BCUT2D eigenvalue weighted by Crippen LogP contribution is -2.29. The Labute approximate surface area is 160 Å². The Morgan fingerprint density at radius 3 is 2.65 bits per heavy atom. The van der Waals surface area contributed by atoms with E-state index < -0.39 is 0 Å². The predicted octanol–water partition coefficient (Wildman–Crippen LogP) is 5.95. The van der Waals surface area contributed by atoms with Crippen LogP contribution in [-0.4, -0.2) is 12.6 Å². The molecule has 26 heavy (non-hydrogen) atoms. The number of rotatable bonds is 8. The van der Waals surface area contributed by atoms with Crippen molar-refractivity contribution in [1.29, 1.82) is 0 Å².